The number of nitrogens with zero attached hydrogens (tertiary/aromatic N) is 2. The smallest absolute Gasteiger partial charge is 0.340 e. The molecule has 7 nitrogen and oxygen atoms in total. The van der Waals surface area contributed by atoms with Gasteiger partial charge >= 0.3 is 5.97 Å². The van der Waals surface area contributed by atoms with E-state index < -0.39 is 17.7 Å². The SMILES string of the molecule is Cc1nc(C)c([C@H](OC(C)(C)C)C(=O)OC(C)C)c(N2CCC3(CCCCC3)CC2)c1-c1ccc(C(=O)NCc2ccccc2)cc1. The summed E-state index contributed by atoms with van der Waals surface area (Å²) in [5, 5.41) is 3.03. The van der Waals surface area contributed by atoms with Gasteiger partial charge < -0.3 is 19.7 Å². The van der Waals surface area contributed by atoms with E-state index in [1.54, 1.807) is 0 Å². The van der Waals surface area contributed by atoms with Crippen LogP contribution in [0.4, 0.5) is 5.69 Å². The molecule has 1 aliphatic carbocycles. The van der Waals surface area contributed by atoms with Crippen molar-refractivity contribution < 1.29 is 19.1 Å². The molecule has 2 aromatic carbocycles. The molecule has 1 spiro atoms. The quantitative estimate of drug-likeness (QED) is 0.236. The number of benzene rings is 2. The minimum atomic E-state index is -0.937. The average molecular weight is 640 g/mol. The van der Waals surface area contributed by atoms with Crippen molar-refractivity contribution in [2.24, 2.45) is 5.41 Å². The summed E-state index contributed by atoms with van der Waals surface area (Å²) in [4.78, 5) is 34.4. The summed E-state index contributed by atoms with van der Waals surface area (Å²) in [6.07, 6.45) is 7.63. The number of hydrogen-bond donors (Lipinski definition) is 1. The third-order valence-electron chi connectivity index (χ3n) is 9.66. The molecule has 3 aromatic rings. The molecule has 252 valence electrons. The number of hydrogen-bond acceptors (Lipinski definition) is 6. The van der Waals surface area contributed by atoms with Crippen molar-refractivity contribution in [3.05, 3.63) is 82.7 Å². The zero-order valence-electron chi connectivity index (χ0n) is 29.4. The van der Waals surface area contributed by atoms with Crippen molar-refractivity contribution in [1.29, 1.82) is 0 Å². The van der Waals surface area contributed by atoms with Crippen LogP contribution < -0.4 is 10.2 Å². The highest BCUT2D eigenvalue weighted by atomic mass is 16.6. The van der Waals surface area contributed by atoms with Gasteiger partial charge in [-0.05, 0) is 103 Å². The van der Waals surface area contributed by atoms with E-state index >= 15 is 0 Å². The summed E-state index contributed by atoms with van der Waals surface area (Å²) in [5.74, 6) is -0.522. The van der Waals surface area contributed by atoms with Crippen LogP contribution >= 0.6 is 0 Å². The number of nitrogens with one attached hydrogen (secondary N) is 1. The van der Waals surface area contributed by atoms with Crippen LogP contribution in [0.1, 0.15) is 119 Å². The summed E-state index contributed by atoms with van der Waals surface area (Å²) in [6.45, 7) is 15.9. The van der Waals surface area contributed by atoms with E-state index in [2.05, 4.69) is 10.2 Å². The Kier molecular flexibility index (Phi) is 10.7. The number of rotatable bonds is 9. The molecule has 47 heavy (non-hydrogen) atoms. The van der Waals surface area contributed by atoms with E-state index in [1.807, 2.05) is 103 Å². The number of carbonyl (C=O) groups excluding carboxylic acids is 2. The Morgan fingerprint density at radius 2 is 1.53 bits per heavy atom. The summed E-state index contributed by atoms with van der Waals surface area (Å²) >= 11 is 0. The van der Waals surface area contributed by atoms with Gasteiger partial charge in [-0.1, -0.05) is 61.7 Å². The number of amides is 1. The van der Waals surface area contributed by atoms with Crippen molar-refractivity contribution in [2.45, 2.75) is 118 Å². The largest absolute Gasteiger partial charge is 0.461 e. The Bertz CT molecular complexity index is 1530. The molecule has 1 saturated heterocycles. The summed E-state index contributed by atoms with van der Waals surface area (Å²) < 4.78 is 12.4. The fourth-order valence-electron chi connectivity index (χ4n) is 7.38. The highest BCUT2D eigenvalue weighted by Gasteiger charge is 2.40. The summed E-state index contributed by atoms with van der Waals surface area (Å²) in [7, 11) is 0. The molecule has 2 fully saturated rings. The topological polar surface area (TPSA) is 80.8 Å². The van der Waals surface area contributed by atoms with Crippen LogP contribution in [-0.2, 0) is 20.8 Å². The maximum Gasteiger partial charge on any atom is 0.340 e. The number of anilines is 1. The normalized spacial score (nSPS) is 17.1. The summed E-state index contributed by atoms with van der Waals surface area (Å²) in [6, 6.07) is 17.7. The predicted molar refractivity (Wildman–Crippen MR) is 189 cm³/mol. The lowest BCUT2D eigenvalue weighted by molar-refractivity contribution is -0.171. The molecule has 0 radical (unpaired) electrons. The van der Waals surface area contributed by atoms with E-state index in [0.29, 0.717) is 17.5 Å². The van der Waals surface area contributed by atoms with Crippen molar-refractivity contribution >= 4 is 17.6 Å². The summed E-state index contributed by atoms with van der Waals surface area (Å²) in [5.41, 5.74) is 6.81. The van der Waals surface area contributed by atoms with Gasteiger partial charge in [0.1, 0.15) is 0 Å². The van der Waals surface area contributed by atoms with Crippen LogP contribution in [0.15, 0.2) is 54.6 Å². The molecular weight excluding hydrogens is 586 g/mol. The molecule has 1 aromatic heterocycles. The molecule has 1 amide bonds. The molecule has 2 heterocycles. The van der Waals surface area contributed by atoms with Crippen LogP contribution in [0.5, 0.6) is 0 Å². The van der Waals surface area contributed by atoms with Crippen LogP contribution in [0, 0.1) is 19.3 Å². The zero-order valence-corrected chi connectivity index (χ0v) is 29.4. The van der Waals surface area contributed by atoms with Gasteiger partial charge in [0.25, 0.3) is 5.91 Å². The fraction of sp³-hybridized carbons (Fsp3) is 0.525. The minimum absolute atomic E-state index is 0.121. The number of pyridine rings is 1. The van der Waals surface area contributed by atoms with Crippen molar-refractivity contribution in [3.63, 3.8) is 0 Å². The second kappa shape index (κ2) is 14.6. The lowest BCUT2D eigenvalue weighted by atomic mass is 9.68. The maximum absolute atomic E-state index is 13.8. The number of carbonyl (C=O) groups is 2. The Labute approximate surface area is 281 Å². The molecule has 1 atom stereocenters. The van der Waals surface area contributed by atoms with E-state index in [4.69, 9.17) is 14.5 Å². The third kappa shape index (κ3) is 8.42. The first-order valence-corrected chi connectivity index (χ1v) is 17.4. The molecule has 0 bridgehead atoms. The number of esters is 1. The van der Waals surface area contributed by atoms with E-state index in [0.717, 1.165) is 65.3 Å². The van der Waals surface area contributed by atoms with E-state index in [9.17, 15) is 9.59 Å². The van der Waals surface area contributed by atoms with Crippen molar-refractivity contribution in [1.82, 2.24) is 10.3 Å². The number of aromatic nitrogens is 1. The first-order chi connectivity index (χ1) is 22.4. The van der Waals surface area contributed by atoms with Gasteiger partial charge in [-0.15, -0.1) is 0 Å². The maximum atomic E-state index is 13.8. The highest BCUT2D eigenvalue weighted by Crippen LogP contribution is 2.49. The minimum Gasteiger partial charge on any atom is -0.461 e. The molecule has 7 heteroatoms. The Morgan fingerprint density at radius 1 is 0.894 bits per heavy atom. The fourth-order valence-corrected chi connectivity index (χ4v) is 7.38. The second-order valence-corrected chi connectivity index (χ2v) is 14.8. The number of ether oxygens (including phenoxy) is 2. The van der Waals surface area contributed by atoms with Gasteiger partial charge in [-0.25, -0.2) is 4.79 Å². The Hall–Kier alpha value is -3.71. The van der Waals surface area contributed by atoms with Crippen LogP contribution in [-0.4, -0.2) is 41.7 Å². The Balaban J connectivity index is 1.56. The molecule has 1 N–H and O–H groups in total. The second-order valence-electron chi connectivity index (χ2n) is 14.8. The molecule has 0 unspecified atom stereocenters. The average Bonchev–Trinajstić information content (AvgIpc) is 3.03. The first kappa shape index (κ1) is 34.6. The number of piperidine rings is 1. The van der Waals surface area contributed by atoms with Gasteiger partial charge in [-0.3, -0.25) is 9.78 Å². The molecule has 1 aliphatic heterocycles. The van der Waals surface area contributed by atoms with E-state index in [1.165, 1.54) is 32.1 Å². The van der Waals surface area contributed by atoms with Gasteiger partial charge in [0.05, 0.1) is 17.4 Å². The van der Waals surface area contributed by atoms with Crippen LogP contribution in [0.3, 0.4) is 0 Å². The lowest BCUT2D eigenvalue weighted by Gasteiger charge is -2.46. The third-order valence-corrected chi connectivity index (χ3v) is 9.66. The predicted octanol–water partition coefficient (Wildman–Crippen LogP) is 8.65. The van der Waals surface area contributed by atoms with Gasteiger partial charge in [0, 0.05) is 47.7 Å². The molecule has 1 saturated carbocycles. The monoisotopic (exact) mass is 639 g/mol. The van der Waals surface area contributed by atoms with Crippen LogP contribution in [0.2, 0.25) is 0 Å². The van der Waals surface area contributed by atoms with E-state index in [-0.39, 0.29) is 12.0 Å². The lowest BCUT2D eigenvalue weighted by Crippen LogP contribution is -2.42. The zero-order chi connectivity index (χ0) is 33.8. The molecule has 2 aliphatic rings. The molecular formula is C40H53N3O4. The number of aryl methyl sites for hydroxylation is 2. The molecule has 5 rings (SSSR count). The van der Waals surface area contributed by atoms with Crippen molar-refractivity contribution in [3.8, 4) is 11.1 Å². The van der Waals surface area contributed by atoms with Gasteiger partial charge in [-0.2, -0.15) is 0 Å². The van der Waals surface area contributed by atoms with Gasteiger partial charge in [0.2, 0.25) is 0 Å². The Morgan fingerprint density at radius 3 is 2.13 bits per heavy atom. The highest BCUT2D eigenvalue weighted by molar-refractivity contribution is 5.95. The van der Waals surface area contributed by atoms with Gasteiger partial charge in [0.15, 0.2) is 6.10 Å². The van der Waals surface area contributed by atoms with Crippen molar-refractivity contribution in [2.75, 3.05) is 18.0 Å². The standard InChI is InChI=1S/C40H53N3O4/c1-27(2)46-38(45)36(47-39(5,6)7)34-29(4)42-28(3)33(35(34)43-24-22-40(23-25-43)20-12-9-13-21-40)31-16-18-32(19-17-31)37(44)41-26-30-14-10-8-11-15-30/h8,10-11,14-19,27,36H,9,12-13,20-26H2,1-7H3,(H,41,44)/t36-/m0/s1. The first-order valence-electron chi connectivity index (χ1n) is 17.4. The van der Waals surface area contributed by atoms with Crippen LogP contribution in [0.25, 0.3) is 11.1 Å².